The maximum Gasteiger partial charge on any atom is 0.335 e. The Morgan fingerprint density at radius 3 is 2.42 bits per heavy atom. The number of nitrogens with zero attached hydrogens (tertiary/aromatic N) is 1. The van der Waals surface area contributed by atoms with Gasteiger partial charge in [-0.1, -0.05) is 34.1 Å². The lowest BCUT2D eigenvalue weighted by molar-refractivity contribution is 0.0696. The molecule has 0 atom stereocenters. The topological polar surface area (TPSA) is 106 Å². The molecule has 8 nitrogen and oxygen atoms in total. The molecule has 0 aliphatic rings. The number of aromatic carboxylic acids is 1. The van der Waals surface area contributed by atoms with E-state index in [0.717, 1.165) is 10.0 Å². The minimum Gasteiger partial charge on any atom is -0.496 e. The van der Waals surface area contributed by atoms with Crippen molar-refractivity contribution in [3.63, 3.8) is 0 Å². The number of ether oxygens (including phenoxy) is 3. The number of amides is 1. The lowest BCUT2D eigenvalue weighted by Gasteiger charge is -2.13. The van der Waals surface area contributed by atoms with Crippen LogP contribution in [0.1, 0.15) is 31.8 Å². The van der Waals surface area contributed by atoms with E-state index < -0.39 is 11.9 Å². The van der Waals surface area contributed by atoms with E-state index in [1.165, 1.54) is 32.6 Å². The highest BCUT2D eigenvalue weighted by atomic mass is 79.9. The summed E-state index contributed by atoms with van der Waals surface area (Å²) in [6.07, 6.45) is 1.45. The molecule has 9 heteroatoms. The van der Waals surface area contributed by atoms with Gasteiger partial charge in [-0.2, -0.15) is 5.10 Å². The molecule has 3 aromatic rings. The van der Waals surface area contributed by atoms with Crippen LogP contribution in [0.4, 0.5) is 0 Å². The van der Waals surface area contributed by atoms with Gasteiger partial charge in [-0.3, -0.25) is 4.79 Å². The van der Waals surface area contributed by atoms with E-state index in [-0.39, 0.29) is 12.2 Å². The molecule has 0 fully saturated rings. The third kappa shape index (κ3) is 6.11. The molecule has 0 radical (unpaired) electrons. The highest BCUT2D eigenvalue weighted by Crippen LogP contribution is 2.31. The number of carboxylic acids is 1. The number of hydrogen-bond donors (Lipinski definition) is 2. The molecular formula is C24H21BrN2O6. The van der Waals surface area contributed by atoms with Gasteiger partial charge in [-0.05, 0) is 48.0 Å². The maximum atomic E-state index is 12.5. The number of carbonyl (C=O) groups is 2. The van der Waals surface area contributed by atoms with Crippen LogP contribution in [-0.2, 0) is 6.61 Å². The standard InChI is InChI=1S/C24H21BrN2O6/c1-31-20-11-10-18(25)12-19(20)23(28)27-26-13-17-4-3-5-21(32-2)22(17)33-14-15-6-8-16(9-7-15)24(29)30/h3-13H,14H2,1-2H3,(H,27,28)(H,29,30)/b26-13-. The summed E-state index contributed by atoms with van der Waals surface area (Å²) in [4.78, 5) is 23.5. The quantitative estimate of drug-likeness (QED) is 0.322. The van der Waals surface area contributed by atoms with E-state index in [1.54, 1.807) is 48.5 Å². The largest absolute Gasteiger partial charge is 0.496 e. The van der Waals surface area contributed by atoms with Gasteiger partial charge in [0.25, 0.3) is 5.91 Å². The molecule has 33 heavy (non-hydrogen) atoms. The highest BCUT2D eigenvalue weighted by Gasteiger charge is 2.13. The number of nitrogens with one attached hydrogen (secondary N) is 1. The molecule has 0 spiro atoms. The van der Waals surface area contributed by atoms with Crippen LogP contribution in [0.5, 0.6) is 17.2 Å². The number of carbonyl (C=O) groups excluding carboxylic acids is 1. The van der Waals surface area contributed by atoms with Crippen molar-refractivity contribution in [2.45, 2.75) is 6.61 Å². The van der Waals surface area contributed by atoms with E-state index in [9.17, 15) is 9.59 Å². The van der Waals surface area contributed by atoms with Gasteiger partial charge in [0.05, 0.1) is 31.6 Å². The summed E-state index contributed by atoms with van der Waals surface area (Å²) in [6, 6.07) is 16.7. The van der Waals surface area contributed by atoms with Crippen LogP contribution < -0.4 is 19.6 Å². The zero-order valence-corrected chi connectivity index (χ0v) is 19.5. The van der Waals surface area contributed by atoms with Crippen molar-refractivity contribution in [1.29, 1.82) is 0 Å². The molecule has 170 valence electrons. The molecule has 0 unspecified atom stereocenters. The van der Waals surface area contributed by atoms with E-state index >= 15 is 0 Å². The predicted octanol–water partition coefficient (Wildman–Crippen LogP) is 4.51. The number of methoxy groups -OCH3 is 2. The van der Waals surface area contributed by atoms with Gasteiger partial charge in [-0.15, -0.1) is 0 Å². The monoisotopic (exact) mass is 512 g/mol. The second-order valence-corrected chi connectivity index (χ2v) is 7.63. The van der Waals surface area contributed by atoms with Crippen molar-refractivity contribution in [1.82, 2.24) is 5.43 Å². The fourth-order valence-electron chi connectivity index (χ4n) is 2.93. The van der Waals surface area contributed by atoms with Gasteiger partial charge >= 0.3 is 5.97 Å². The molecular weight excluding hydrogens is 492 g/mol. The molecule has 0 heterocycles. The van der Waals surface area contributed by atoms with Crippen molar-refractivity contribution < 1.29 is 28.9 Å². The van der Waals surface area contributed by atoms with E-state index in [1.807, 2.05) is 0 Å². The molecule has 0 aliphatic carbocycles. The number of rotatable bonds is 9. The van der Waals surface area contributed by atoms with E-state index in [2.05, 4.69) is 26.5 Å². The van der Waals surface area contributed by atoms with Crippen LogP contribution in [0.3, 0.4) is 0 Å². The van der Waals surface area contributed by atoms with Crippen LogP contribution in [-0.4, -0.2) is 37.4 Å². The second-order valence-electron chi connectivity index (χ2n) is 6.71. The van der Waals surface area contributed by atoms with Crippen molar-refractivity contribution in [3.05, 3.63) is 87.4 Å². The van der Waals surface area contributed by atoms with E-state index in [4.69, 9.17) is 19.3 Å². The summed E-state index contributed by atoms with van der Waals surface area (Å²) in [6.45, 7) is 0.183. The molecule has 0 bridgehead atoms. The molecule has 3 aromatic carbocycles. The SMILES string of the molecule is COc1ccc(Br)cc1C(=O)N/N=C\c1cccc(OC)c1OCc1ccc(C(=O)O)cc1. The van der Waals surface area contributed by atoms with Gasteiger partial charge in [0.15, 0.2) is 11.5 Å². The zero-order chi connectivity index (χ0) is 23.8. The Hall–Kier alpha value is -3.85. The van der Waals surface area contributed by atoms with Gasteiger partial charge in [0.1, 0.15) is 12.4 Å². The number of halogens is 1. The number of carboxylic acid groups (broad SMARTS) is 1. The van der Waals surface area contributed by atoms with Crippen molar-refractivity contribution >= 4 is 34.0 Å². The Bertz CT molecular complexity index is 1180. The minimum atomic E-state index is -0.992. The Labute approximate surface area is 198 Å². The molecule has 0 aliphatic heterocycles. The summed E-state index contributed by atoms with van der Waals surface area (Å²) in [5.74, 6) is -0.0897. The smallest absolute Gasteiger partial charge is 0.335 e. The molecule has 1 amide bonds. The Balaban J connectivity index is 1.75. The van der Waals surface area contributed by atoms with Crippen molar-refractivity contribution in [2.75, 3.05) is 14.2 Å². The summed E-state index contributed by atoms with van der Waals surface area (Å²) in [7, 11) is 3.00. The summed E-state index contributed by atoms with van der Waals surface area (Å²) >= 11 is 3.34. The first-order chi connectivity index (χ1) is 15.9. The number of para-hydroxylation sites is 1. The molecule has 2 N–H and O–H groups in total. The van der Waals surface area contributed by atoms with Crippen molar-refractivity contribution in [3.8, 4) is 17.2 Å². The highest BCUT2D eigenvalue weighted by molar-refractivity contribution is 9.10. The maximum absolute atomic E-state index is 12.5. The van der Waals surface area contributed by atoms with E-state index in [0.29, 0.717) is 28.4 Å². The van der Waals surface area contributed by atoms with Gasteiger partial charge in [0.2, 0.25) is 0 Å². The van der Waals surface area contributed by atoms with Crippen molar-refractivity contribution in [2.24, 2.45) is 5.10 Å². The fraction of sp³-hybridized carbons (Fsp3) is 0.125. The first kappa shape index (κ1) is 23.8. The van der Waals surface area contributed by atoms with Crippen LogP contribution in [0.15, 0.2) is 70.2 Å². The number of hydrazone groups is 1. The van der Waals surface area contributed by atoms with Crippen LogP contribution in [0.25, 0.3) is 0 Å². The molecule has 0 aromatic heterocycles. The third-order valence-corrected chi connectivity index (χ3v) is 5.08. The van der Waals surface area contributed by atoms with Crippen LogP contribution in [0, 0.1) is 0 Å². The van der Waals surface area contributed by atoms with Crippen LogP contribution >= 0.6 is 15.9 Å². The number of hydrogen-bond acceptors (Lipinski definition) is 6. The summed E-state index contributed by atoms with van der Waals surface area (Å²) in [5, 5.41) is 13.1. The Morgan fingerprint density at radius 2 is 1.76 bits per heavy atom. The second kappa shape index (κ2) is 11.1. The third-order valence-electron chi connectivity index (χ3n) is 4.59. The molecule has 0 saturated carbocycles. The number of benzene rings is 3. The van der Waals surface area contributed by atoms with Crippen LogP contribution in [0.2, 0.25) is 0 Å². The summed E-state index contributed by atoms with van der Waals surface area (Å²) < 4.78 is 17.3. The summed E-state index contributed by atoms with van der Waals surface area (Å²) in [5.41, 5.74) is 4.37. The predicted molar refractivity (Wildman–Crippen MR) is 126 cm³/mol. The lowest BCUT2D eigenvalue weighted by Crippen LogP contribution is -2.18. The lowest BCUT2D eigenvalue weighted by atomic mass is 10.1. The average molecular weight is 513 g/mol. The normalized spacial score (nSPS) is 10.6. The molecule has 0 saturated heterocycles. The minimum absolute atomic E-state index is 0.183. The average Bonchev–Trinajstić information content (AvgIpc) is 2.83. The first-order valence-electron chi connectivity index (χ1n) is 9.72. The van der Waals surface area contributed by atoms with Gasteiger partial charge in [-0.25, -0.2) is 10.2 Å². The Kier molecular flexibility index (Phi) is 8.04. The first-order valence-corrected chi connectivity index (χ1v) is 10.5. The fourth-order valence-corrected chi connectivity index (χ4v) is 3.29. The zero-order valence-electron chi connectivity index (χ0n) is 17.9. The van der Waals surface area contributed by atoms with Gasteiger partial charge in [0, 0.05) is 10.0 Å². The van der Waals surface area contributed by atoms with Gasteiger partial charge < -0.3 is 19.3 Å². The molecule has 3 rings (SSSR count). The Morgan fingerprint density at radius 1 is 1.03 bits per heavy atom.